The molecule has 0 heterocycles. The van der Waals surface area contributed by atoms with Crippen LogP contribution < -0.4 is 0 Å². The van der Waals surface area contributed by atoms with Crippen molar-refractivity contribution >= 4 is 24.9 Å². The van der Waals surface area contributed by atoms with Crippen LogP contribution in [-0.4, -0.2) is 43.4 Å². The summed E-state index contributed by atoms with van der Waals surface area (Å²) < 4.78 is 51.6. The molecule has 0 aliphatic heterocycles. The molecule has 0 N–H and O–H groups in total. The summed E-state index contributed by atoms with van der Waals surface area (Å²) in [5.74, 6) is -1.23. The van der Waals surface area contributed by atoms with Crippen molar-refractivity contribution < 1.29 is 36.9 Å². The lowest BCUT2D eigenvalue weighted by atomic mass is 10.7. The molecule has 0 aliphatic rings. The minimum absolute atomic E-state index is 0.0899. The summed E-state index contributed by atoms with van der Waals surface area (Å²) in [6.07, 6.45) is -7.78. The maximum atomic E-state index is 12.0. The van der Waals surface area contributed by atoms with E-state index >= 15 is 0 Å². The van der Waals surface area contributed by atoms with E-state index in [2.05, 4.69) is 4.74 Å². The summed E-state index contributed by atoms with van der Waals surface area (Å²) in [6.45, 7) is 0. The molecule has 1 unspecified atom stereocenters. The lowest BCUT2D eigenvalue weighted by Crippen LogP contribution is -2.27. The van der Waals surface area contributed by atoms with Crippen molar-refractivity contribution in [3.63, 3.8) is 0 Å². The van der Waals surface area contributed by atoms with E-state index in [9.17, 15) is 32.1 Å². The molecule has 0 radical (unpaired) electrons. The van der Waals surface area contributed by atoms with E-state index in [1.807, 2.05) is 0 Å². The molecule has 0 aromatic heterocycles. The third-order valence-electron chi connectivity index (χ3n) is 1.59. The minimum Gasteiger partial charge on any atom is -0.469 e. The molecule has 92 valence electrons. The predicted octanol–water partition coefficient (Wildman–Crippen LogP) is 0.810. The average molecular weight is 260 g/mol. The number of rotatable bonds is 5. The predicted molar refractivity (Wildman–Crippen MR) is 46.5 cm³/mol. The third kappa shape index (κ3) is 3.77. The number of hydrogen-bond acceptors (Lipinski definition) is 5. The molecule has 0 saturated heterocycles. The second-order valence-electron chi connectivity index (χ2n) is 2.78. The molecule has 0 bridgehead atoms. The summed E-state index contributed by atoms with van der Waals surface area (Å²) in [7, 11) is -3.74. The van der Waals surface area contributed by atoms with Gasteiger partial charge in [-0.15, -0.1) is 0 Å². The van der Waals surface area contributed by atoms with E-state index in [1.54, 1.807) is 0 Å². The van der Waals surface area contributed by atoms with Crippen molar-refractivity contribution in [3.8, 4) is 0 Å². The Balaban J connectivity index is 5.12. The number of carbonyl (C=O) groups is 3. The van der Waals surface area contributed by atoms with E-state index in [0.29, 0.717) is 0 Å². The SMILES string of the molecule is COC(=O)CP(=O)(CC=O)C(=O)C(F)(F)F. The summed E-state index contributed by atoms with van der Waals surface area (Å²) >= 11 is 0. The van der Waals surface area contributed by atoms with Crippen molar-refractivity contribution in [2.45, 2.75) is 6.18 Å². The number of alkyl halides is 3. The first-order valence-electron chi connectivity index (χ1n) is 3.87. The fourth-order valence-corrected chi connectivity index (χ4v) is 2.53. The van der Waals surface area contributed by atoms with Crippen LogP contribution in [-0.2, 0) is 23.7 Å². The normalized spacial score (nSPS) is 15.0. The Labute approximate surface area is 88.3 Å². The molecule has 0 spiro atoms. The summed E-state index contributed by atoms with van der Waals surface area (Å²) in [5.41, 5.74) is -2.54. The summed E-state index contributed by atoms with van der Waals surface area (Å²) in [6, 6.07) is 0. The second-order valence-corrected chi connectivity index (χ2v) is 5.64. The van der Waals surface area contributed by atoms with E-state index in [-0.39, 0.29) is 6.29 Å². The molecule has 9 heteroatoms. The van der Waals surface area contributed by atoms with Gasteiger partial charge in [0.1, 0.15) is 12.4 Å². The van der Waals surface area contributed by atoms with Crippen LogP contribution >= 0.6 is 7.14 Å². The summed E-state index contributed by atoms with van der Waals surface area (Å²) in [5, 5.41) is 0. The number of ether oxygens (including phenoxy) is 1. The van der Waals surface area contributed by atoms with Gasteiger partial charge in [-0.25, -0.2) is 0 Å². The van der Waals surface area contributed by atoms with Crippen LogP contribution in [0.3, 0.4) is 0 Å². The standard InChI is InChI=1S/C7H8F3O5P/c1-15-5(12)4-16(14,3-2-11)6(13)7(8,9)10/h2H,3-4H2,1H3. The van der Waals surface area contributed by atoms with Gasteiger partial charge in [-0.05, 0) is 0 Å². The largest absolute Gasteiger partial charge is 0.469 e. The Morgan fingerprint density at radius 3 is 2.19 bits per heavy atom. The molecule has 0 fully saturated rings. The van der Waals surface area contributed by atoms with Gasteiger partial charge in [0, 0.05) is 0 Å². The monoisotopic (exact) mass is 260 g/mol. The Kier molecular flexibility index (Phi) is 4.86. The first-order valence-corrected chi connectivity index (χ1v) is 5.95. The van der Waals surface area contributed by atoms with E-state index < -0.39 is 37.1 Å². The fraction of sp³-hybridized carbons (Fsp3) is 0.571. The first-order chi connectivity index (χ1) is 7.17. The molecule has 0 amide bonds. The molecule has 0 saturated carbocycles. The smallest absolute Gasteiger partial charge is 0.457 e. The van der Waals surface area contributed by atoms with Crippen molar-refractivity contribution in [3.05, 3.63) is 0 Å². The van der Waals surface area contributed by atoms with Crippen molar-refractivity contribution in [1.82, 2.24) is 0 Å². The topological polar surface area (TPSA) is 77.5 Å². The maximum Gasteiger partial charge on any atom is 0.457 e. The number of aldehydes is 1. The van der Waals surface area contributed by atoms with Crippen molar-refractivity contribution in [2.75, 3.05) is 19.4 Å². The van der Waals surface area contributed by atoms with Gasteiger partial charge in [0.2, 0.25) is 0 Å². The van der Waals surface area contributed by atoms with Crippen LogP contribution in [0, 0.1) is 0 Å². The molecule has 0 aliphatic carbocycles. The molecule has 16 heavy (non-hydrogen) atoms. The van der Waals surface area contributed by atoms with Crippen molar-refractivity contribution in [1.29, 1.82) is 0 Å². The van der Waals surface area contributed by atoms with E-state index in [1.165, 1.54) is 0 Å². The zero-order chi connectivity index (χ0) is 13.0. The van der Waals surface area contributed by atoms with Crippen LogP contribution in [0.1, 0.15) is 0 Å². The van der Waals surface area contributed by atoms with Crippen LogP contribution in [0.25, 0.3) is 0 Å². The lowest BCUT2D eigenvalue weighted by molar-refractivity contribution is -0.161. The second kappa shape index (κ2) is 5.25. The third-order valence-corrected chi connectivity index (χ3v) is 4.10. The molecular formula is C7H8F3O5P. The highest BCUT2D eigenvalue weighted by Gasteiger charge is 2.51. The molecule has 1 atom stereocenters. The van der Waals surface area contributed by atoms with Crippen molar-refractivity contribution in [2.24, 2.45) is 0 Å². The zero-order valence-corrected chi connectivity index (χ0v) is 9.01. The Morgan fingerprint density at radius 1 is 1.38 bits per heavy atom. The van der Waals surface area contributed by atoms with Gasteiger partial charge in [-0.2, -0.15) is 13.2 Å². The van der Waals surface area contributed by atoms with Gasteiger partial charge >= 0.3 is 12.1 Å². The Hall–Kier alpha value is -1.17. The van der Waals surface area contributed by atoms with E-state index in [4.69, 9.17) is 0 Å². The molecule has 0 rings (SSSR count). The minimum atomic E-state index is -5.34. The van der Waals surface area contributed by atoms with Gasteiger partial charge in [0.25, 0.3) is 5.52 Å². The fourth-order valence-electron chi connectivity index (χ4n) is 0.844. The van der Waals surface area contributed by atoms with Gasteiger partial charge < -0.3 is 14.1 Å². The Bertz CT molecular complexity index is 348. The lowest BCUT2D eigenvalue weighted by Gasteiger charge is -2.14. The van der Waals surface area contributed by atoms with Crippen LogP contribution in [0.5, 0.6) is 0 Å². The number of esters is 1. The van der Waals surface area contributed by atoms with Gasteiger partial charge in [0.05, 0.1) is 13.3 Å². The number of carbonyl (C=O) groups excluding carboxylic acids is 3. The summed E-state index contributed by atoms with van der Waals surface area (Å²) in [4.78, 5) is 31.6. The van der Waals surface area contributed by atoms with Crippen LogP contribution in [0.2, 0.25) is 0 Å². The first kappa shape index (κ1) is 14.8. The van der Waals surface area contributed by atoms with Gasteiger partial charge in [-0.1, -0.05) is 0 Å². The molecule has 5 nitrogen and oxygen atoms in total. The zero-order valence-electron chi connectivity index (χ0n) is 8.11. The number of methoxy groups -OCH3 is 1. The molecule has 0 aromatic rings. The van der Waals surface area contributed by atoms with Gasteiger partial charge in [0.15, 0.2) is 7.14 Å². The molecular weight excluding hydrogens is 252 g/mol. The maximum absolute atomic E-state index is 12.0. The van der Waals surface area contributed by atoms with Crippen LogP contribution in [0.15, 0.2) is 0 Å². The number of halogens is 3. The highest BCUT2D eigenvalue weighted by Crippen LogP contribution is 2.50. The highest BCUT2D eigenvalue weighted by molar-refractivity contribution is 7.81. The van der Waals surface area contributed by atoms with Crippen LogP contribution in [0.4, 0.5) is 13.2 Å². The van der Waals surface area contributed by atoms with Gasteiger partial charge in [-0.3, -0.25) is 9.59 Å². The highest BCUT2D eigenvalue weighted by atomic mass is 31.2. The molecule has 0 aromatic carbocycles. The average Bonchev–Trinajstić information content (AvgIpc) is 2.15. The quantitative estimate of drug-likeness (QED) is 0.415. The number of hydrogen-bond donors (Lipinski definition) is 0. The Morgan fingerprint density at radius 2 is 1.88 bits per heavy atom. The van der Waals surface area contributed by atoms with E-state index in [0.717, 1.165) is 7.11 Å².